The van der Waals surface area contributed by atoms with Crippen LogP contribution in [0.15, 0.2) is 41.3 Å². The Kier molecular flexibility index (Phi) is 3.96. The Morgan fingerprint density at radius 1 is 1.17 bits per heavy atom. The maximum Gasteiger partial charge on any atom is 0.319 e. The first-order chi connectivity index (χ1) is 11.3. The molecule has 0 aromatic heterocycles. The van der Waals surface area contributed by atoms with E-state index in [0.717, 1.165) is 16.8 Å². The fourth-order valence-electron chi connectivity index (χ4n) is 2.90. The number of urea groups is 1. The number of primary amides is 1. The molecule has 0 fully saturated rings. The van der Waals surface area contributed by atoms with Crippen LogP contribution in [0, 0.1) is 13.8 Å². The van der Waals surface area contributed by atoms with Gasteiger partial charge in [0.25, 0.3) is 10.0 Å². The van der Waals surface area contributed by atoms with Crippen LogP contribution in [-0.4, -0.2) is 21.0 Å². The highest BCUT2D eigenvalue weighted by molar-refractivity contribution is 7.92. The van der Waals surface area contributed by atoms with Crippen LogP contribution in [0.3, 0.4) is 0 Å². The fraction of sp³-hybridized carbons (Fsp3) is 0.235. The molecule has 3 rings (SSSR count). The summed E-state index contributed by atoms with van der Waals surface area (Å²) in [5.74, 6) is 0. The predicted octanol–water partition coefficient (Wildman–Crippen LogP) is 2.55. The first kappa shape index (κ1) is 16.3. The highest BCUT2D eigenvalue weighted by atomic mass is 32.2. The summed E-state index contributed by atoms with van der Waals surface area (Å²) in [7, 11) is -3.67. The highest BCUT2D eigenvalue weighted by Crippen LogP contribution is 2.31. The lowest BCUT2D eigenvalue weighted by molar-refractivity contribution is 0.254. The molecule has 6 nitrogen and oxygen atoms in total. The molecular formula is C17H19N3O3S. The van der Waals surface area contributed by atoms with Gasteiger partial charge in [0.05, 0.1) is 4.90 Å². The fourth-order valence-corrected chi connectivity index (χ4v) is 4.28. The number of fused-ring (bicyclic) bond motifs is 1. The van der Waals surface area contributed by atoms with Gasteiger partial charge < -0.3 is 5.73 Å². The maximum atomic E-state index is 12.7. The second-order valence-corrected chi connectivity index (χ2v) is 7.61. The second-order valence-electron chi connectivity index (χ2n) is 5.96. The number of carbonyl (C=O) groups excluding carboxylic acids is 1. The average Bonchev–Trinajstić information content (AvgIpc) is 2.92. The minimum Gasteiger partial charge on any atom is -0.351 e. The molecule has 2 aromatic rings. The number of nitrogens with one attached hydrogen (secondary N) is 1. The van der Waals surface area contributed by atoms with Crippen molar-refractivity contribution in [3.63, 3.8) is 0 Å². The van der Waals surface area contributed by atoms with Gasteiger partial charge in [-0.05, 0) is 61.2 Å². The molecule has 0 radical (unpaired) electrons. The van der Waals surface area contributed by atoms with Crippen LogP contribution in [0.2, 0.25) is 0 Å². The van der Waals surface area contributed by atoms with Crippen LogP contribution in [0.25, 0.3) is 0 Å². The van der Waals surface area contributed by atoms with Gasteiger partial charge in [0, 0.05) is 17.9 Å². The molecule has 3 N–H and O–H groups in total. The molecule has 0 bridgehead atoms. The Morgan fingerprint density at radius 2 is 1.92 bits per heavy atom. The molecule has 24 heavy (non-hydrogen) atoms. The van der Waals surface area contributed by atoms with Gasteiger partial charge in [-0.25, -0.2) is 13.2 Å². The van der Waals surface area contributed by atoms with E-state index in [1.165, 1.54) is 4.90 Å². The molecule has 1 aliphatic rings. The molecule has 0 saturated carbocycles. The highest BCUT2D eigenvalue weighted by Gasteiger charge is 2.24. The van der Waals surface area contributed by atoms with Crippen LogP contribution >= 0.6 is 0 Å². The van der Waals surface area contributed by atoms with Gasteiger partial charge in [0.1, 0.15) is 0 Å². The second kappa shape index (κ2) is 5.83. The first-order valence-electron chi connectivity index (χ1n) is 7.58. The molecule has 0 atom stereocenters. The summed E-state index contributed by atoms with van der Waals surface area (Å²) >= 11 is 0. The maximum absolute atomic E-state index is 12.7. The quantitative estimate of drug-likeness (QED) is 0.895. The van der Waals surface area contributed by atoms with Crippen LogP contribution in [0.4, 0.5) is 16.2 Å². The number of carbonyl (C=O) groups is 1. The summed E-state index contributed by atoms with van der Waals surface area (Å²) in [6, 6.07) is 9.93. The standard InChI is InChI=1S/C17H19N3O3S/c1-11-3-4-12(2)16(9-11)24(22,23)19-14-5-6-15-13(10-14)7-8-20(15)17(18)21/h3-6,9-10,19H,7-8H2,1-2H3,(H2,18,21). The van der Waals surface area contributed by atoms with Crippen molar-refractivity contribution in [2.75, 3.05) is 16.2 Å². The molecule has 0 saturated heterocycles. The van der Waals surface area contributed by atoms with Gasteiger partial charge in [-0.15, -0.1) is 0 Å². The van der Waals surface area contributed by atoms with Gasteiger partial charge in [-0.3, -0.25) is 9.62 Å². The molecule has 1 aliphatic heterocycles. The number of aryl methyl sites for hydroxylation is 2. The van der Waals surface area contributed by atoms with Crippen molar-refractivity contribution >= 4 is 27.4 Å². The number of amides is 2. The lowest BCUT2D eigenvalue weighted by atomic mass is 10.1. The zero-order valence-corrected chi connectivity index (χ0v) is 14.4. The molecule has 1 heterocycles. The van der Waals surface area contributed by atoms with Crippen LogP contribution in [0.1, 0.15) is 16.7 Å². The Bertz CT molecular complexity index is 923. The first-order valence-corrected chi connectivity index (χ1v) is 9.06. The monoisotopic (exact) mass is 345 g/mol. The SMILES string of the molecule is Cc1ccc(C)c(S(=O)(=O)Nc2ccc3c(c2)CCN3C(N)=O)c1. The molecule has 0 spiro atoms. The lowest BCUT2D eigenvalue weighted by Crippen LogP contribution is -2.33. The summed E-state index contributed by atoms with van der Waals surface area (Å²) < 4.78 is 27.9. The van der Waals surface area contributed by atoms with E-state index in [4.69, 9.17) is 5.73 Å². The number of nitrogens with zero attached hydrogens (tertiary/aromatic N) is 1. The van der Waals surface area contributed by atoms with Crippen LogP contribution in [0.5, 0.6) is 0 Å². The lowest BCUT2D eigenvalue weighted by Gasteiger charge is -2.15. The predicted molar refractivity (Wildman–Crippen MR) is 93.8 cm³/mol. The number of rotatable bonds is 3. The third-order valence-corrected chi connectivity index (χ3v) is 5.65. The van der Waals surface area contributed by atoms with Crippen molar-refractivity contribution in [2.24, 2.45) is 5.73 Å². The van der Waals surface area contributed by atoms with Gasteiger partial charge in [0.15, 0.2) is 0 Å². The van der Waals surface area contributed by atoms with E-state index >= 15 is 0 Å². The molecular weight excluding hydrogens is 326 g/mol. The molecule has 7 heteroatoms. The topological polar surface area (TPSA) is 92.5 Å². The van der Waals surface area contributed by atoms with E-state index in [1.807, 2.05) is 13.0 Å². The van der Waals surface area contributed by atoms with Gasteiger partial charge in [-0.1, -0.05) is 12.1 Å². The summed E-state index contributed by atoms with van der Waals surface area (Å²) in [5.41, 5.74) is 9.01. The van der Waals surface area contributed by atoms with Crippen LogP contribution in [-0.2, 0) is 16.4 Å². The minimum atomic E-state index is -3.67. The number of benzene rings is 2. The van der Waals surface area contributed by atoms with E-state index in [0.29, 0.717) is 24.2 Å². The third kappa shape index (κ3) is 2.94. The smallest absolute Gasteiger partial charge is 0.319 e. The van der Waals surface area contributed by atoms with Crippen molar-refractivity contribution in [1.82, 2.24) is 0 Å². The van der Waals surface area contributed by atoms with Crippen molar-refractivity contribution in [1.29, 1.82) is 0 Å². The number of nitrogens with two attached hydrogens (primary N) is 1. The Labute approximate surface area is 141 Å². The van der Waals surface area contributed by atoms with E-state index in [2.05, 4.69) is 4.72 Å². The summed E-state index contributed by atoms with van der Waals surface area (Å²) in [6.45, 7) is 4.13. The average molecular weight is 345 g/mol. The van der Waals surface area contributed by atoms with E-state index in [1.54, 1.807) is 37.3 Å². The molecule has 2 amide bonds. The van der Waals surface area contributed by atoms with Crippen molar-refractivity contribution in [2.45, 2.75) is 25.2 Å². The van der Waals surface area contributed by atoms with Crippen LogP contribution < -0.4 is 15.4 Å². The zero-order valence-electron chi connectivity index (χ0n) is 13.5. The third-order valence-electron chi connectivity index (χ3n) is 4.13. The van der Waals surface area contributed by atoms with E-state index < -0.39 is 16.1 Å². The Morgan fingerprint density at radius 3 is 2.62 bits per heavy atom. The number of hydrogen-bond acceptors (Lipinski definition) is 3. The molecule has 2 aromatic carbocycles. The molecule has 0 aliphatic carbocycles. The van der Waals surface area contributed by atoms with Gasteiger partial charge in [0.2, 0.25) is 0 Å². The summed E-state index contributed by atoms with van der Waals surface area (Å²) in [5, 5.41) is 0. The summed E-state index contributed by atoms with van der Waals surface area (Å²) in [6.07, 6.45) is 0.650. The van der Waals surface area contributed by atoms with Crippen molar-refractivity contribution < 1.29 is 13.2 Å². The molecule has 126 valence electrons. The summed E-state index contributed by atoms with van der Waals surface area (Å²) in [4.78, 5) is 13.1. The normalized spacial score (nSPS) is 13.7. The largest absolute Gasteiger partial charge is 0.351 e. The van der Waals surface area contributed by atoms with E-state index in [9.17, 15) is 13.2 Å². The zero-order chi connectivity index (χ0) is 17.5. The number of anilines is 2. The Balaban J connectivity index is 1.92. The number of hydrogen-bond donors (Lipinski definition) is 2. The van der Waals surface area contributed by atoms with Crippen molar-refractivity contribution in [3.8, 4) is 0 Å². The molecule has 0 unspecified atom stereocenters. The minimum absolute atomic E-state index is 0.266. The van der Waals surface area contributed by atoms with Gasteiger partial charge in [-0.2, -0.15) is 0 Å². The van der Waals surface area contributed by atoms with E-state index in [-0.39, 0.29) is 4.90 Å². The van der Waals surface area contributed by atoms with Crippen molar-refractivity contribution in [3.05, 3.63) is 53.1 Å². The van der Waals surface area contributed by atoms with Gasteiger partial charge >= 0.3 is 6.03 Å². The Hall–Kier alpha value is -2.54. The number of sulfonamides is 1.